The first kappa shape index (κ1) is 19.7. The molecule has 2 N–H and O–H groups in total. The number of hydrogen-bond donors (Lipinski definition) is 2. The van der Waals surface area contributed by atoms with Gasteiger partial charge in [0.1, 0.15) is 0 Å². The van der Waals surface area contributed by atoms with E-state index < -0.39 is 23.3 Å². The van der Waals surface area contributed by atoms with Gasteiger partial charge in [0.05, 0.1) is 18.0 Å². The predicted molar refractivity (Wildman–Crippen MR) is 102 cm³/mol. The number of hydrogen-bond acceptors (Lipinski definition) is 5. The maximum atomic E-state index is 13.1. The highest BCUT2D eigenvalue weighted by Gasteiger charge is 2.28. The van der Waals surface area contributed by atoms with E-state index in [0.29, 0.717) is 23.7 Å². The van der Waals surface area contributed by atoms with E-state index in [1.54, 1.807) is 6.92 Å². The molecule has 1 aliphatic carbocycles. The predicted octanol–water partition coefficient (Wildman–Crippen LogP) is 1.87. The monoisotopic (exact) mass is 385 g/mol. The number of aromatic amines is 1. The number of pyridine rings is 1. The van der Waals surface area contributed by atoms with E-state index in [2.05, 4.69) is 9.97 Å². The third-order valence-electron chi connectivity index (χ3n) is 5.31. The molecule has 0 aromatic carbocycles. The second kappa shape index (κ2) is 8.33. The molecule has 0 radical (unpaired) electrons. The Balaban J connectivity index is 1.89. The lowest BCUT2D eigenvalue weighted by molar-refractivity contribution is -0.122. The molecule has 2 aromatic rings. The van der Waals surface area contributed by atoms with Crippen LogP contribution in [0.2, 0.25) is 0 Å². The molecule has 148 valence electrons. The minimum atomic E-state index is -1.08. The van der Waals surface area contributed by atoms with Crippen LogP contribution < -0.4 is 11.2 Å². The summed E-state index contributed by atoms with van der Waals surface area (Å²) in [6, 6.07) is 3.54. The number of carboxylic acids is 1. The summed E-state index contributed by atoms with van der Waals surface area (Å²) in [7, 11) is 0. The molecule has 28 heavy (non-hydrogen) atoms. The Kier molecular flexibility index (Phi) is 5.87. The van der Waals surface area contributed by atoms with E-state index in [9.17, 15) is 19.2 Å². The van der Waals surface area contributed by atoms with Gasteiger partial charge in [-0.1, -0.05) is 25.7 Å². The van der Waals surface area contributed by atoms with Crippen LogP contribution in [0.4, 0.5) is 0 Å². The Morgan fingerprint density at radius 2 is 2.00 bits per heavy atom. The van der Waals surface area contributed by atoms with Gasteiger partial charge in [-0.05, 0) is 31.4 Å². The molecule has 0 aliphatic heterocycles. The van der Waals surface area contributed by atoms with E-state index in [4.69, 9.17) is 5.11 Å². The van der Waals surface area contributed by atoms with Crippen LogP contribution in [0.25, 0.3) is 0 Å². The van der Waals surface area contributed by atoms with Crippen LogP contribution >= 0.6 is 0 Å². The van der Waals surface area contributed by atoms with Crippen LogP contribution in [0.15, 0.2) is 34.0 Å². The Labute approximate surface area is 161 Å². The molecule has 1 atom stereocenters. The van der Waals surface area contributed by atoms with Gasteiger partial charge in [-0.2, -0.15) is 0 Å². The number of H-pyrrole nitrogens is 1. The van der Waals surface area contributed by atoms with Crippen molar-refractivity contribution >= 4 is 11.8 Å². The second-order valence-corrected chi connectivity index (χ2v) is 7.34. The van der Waals surface area contributed by atoms with Crippen molar-refractivity contribution in [1.82, 2.24) is 14.5 Å². The lowest BCUT2D eigenvalue weighted by Gasteiger charge is -2.23. The molecule has 0 amide bonds. The topological polar surface area (TPSA) is 122 Å². The smallest absolute Gasteiger partial charge is 0.337 e. The number of carbonyl (C=O) groups is 2. The lowest BCUT2D eigenvalue weighted by atomic mass is 9.93. The summed E-state index contributed by atoms with van der Waals surface area (Å²) in [5.41, 5.74) is -0.139. The Hall–Kier alpha value is -3.03. The number of aryl methyl sites for hydroxylation is 1. The summed E-state index contributed by atoms with van der Waals surface area (Å²) < 4.78 is 1.37. The van der Waals surface area contributed by atoms with Crippen LogP contribution in [-0.4, -0.2) is 31.4 Å². The molecule has 1 aliphatic rings. The van der Waals surface area contributed by atoms with Gasteiger partial charge in [0.15, 0.2) is 5.78 Å². The summed E-state index contributed by atoms with van der Waals surface area (Å²) in [6.45, 7) is 1.64. The van der Waals surface area contributed by atoms with Crippen molar-refractivity contribution in [3.8, 4) is 0 Å². The highest BCUT2D eigenvalue weighted by Crippen LogP contribution is 2.32. The zero-order valence-corrected chi connectivity index (χ0v) is 15.7. The first-order chi connectivity index (χ1) is 13.3. The second-order valence-electron chi connectivity index (χ2n) is 7.34. The van der Waals surface area contributed by atoms with Crippen LogP contribution in [0, 0.1) is 12.8 Å². The Bertz CT molecular complexity index is 984. The fourth-order valence-electron chi connectivity index (χ4n) is 3.90. The standard InChI is InChI=1S/C20H23N3O5/c1-12-8-18(25)22-20(28)23(12)16(9-13-4-2-3-5-13)17(24)10-15-7-6-14(11-21-15)19(26)27/h6-8,11,13,16H,2-5,9-10H2,1H3,(H,26,27)(H,22,25,28). The number of carbonyl (C=O) groups excluding carboxylic acids is 1. The van der Waals surface area contributed by atoms with E-state index in [1.807, 2.05) is 0 Å². The maximum Gasteiger partial charge on any atom is 0.337 e. The van der Waals surface area contributed by atoms with Crippen LogP contribution in [0.1, 0.15) is 59.9 Å². The summed E-state index contributed by atoms with van der Waals surface area (Å²) in [5, 5.41) is 8.96. The van der Waals surface area contributed by atoms with Gasteiger partial charge < -0.3 is 5.11 Å². The lowest BCUT2D eigenvalue weighted by Crippen LogP contribution is -2.38. The molecule has 2 aromatic heterocycles. The quantitative estimate of drug-likeness (QED) is 0.750. The van der Waals surface area contributed by atoms with Gasteiger partial charge in [-0.25, -0.2) is 9.59 Å². The van der Waals surface area contributed by atoms with Crippen LogP contribution in [-0.2, 0) is 11.2 Å². The summed E-state index contributed by atoms with van der Waals surface area (Å²) in [4.78, 5) is 54.3. The van der Waals surface area contributed by atoms with Crippen molar-refractivity contribution in [2.24, 2.45) is 5.92 Å². The molecular formula is C20H23N3O5. The van der Waals surface area contributed by atoms with Crippen molar-refractivity contribution in [1.29, 1.82) is 0 Å². The van der Waals surface area contributed by atoms with E-state index in [0.717, 1.165) is 25.7 Å². The zero-order chi connectivity index (χ0) is 20.3. The highest BCUT2D eigenvalue weighted by molar-refractivity contribution is 5.87. The fourth-order valence-corrected chi connectivity index (χ4v) is 3.90. The largest absolute Gasteiger partial charge is 0.478 e. The van der Waals surface area contributed by atoms with E-state index >= 15 is 0 Å². The molecule has 2 heterocycles. The first-order valence-electron chi connectivity index (χ1n) is 9.38. The number of nitrogens with zero attached hydrogens (tertiary/aromatic N) is 2. The molecule has 3 rings (SSSR count). The first-order valence-corrected chi connectivity index (χ1v) is 9.38. The normalized spacial score (nSPS) is 15.5. The third-order valence-corrected chi connectivity index (χ3v) is 5.31. The van der Waals surface area contributed by atoms with Gasteiger partial charge >= 0.3 is 11.7 Å². The number of Topliss-reactive ketones (excluding diaryl/α,β-unsaturated/α-hetero) is 1. The number of rotatable bonds is 7. The third kappa shape index (κ3) is 4.44. The van der Waals surface area contributed by atoms with Crippen LogP contribution in [0.5, 0.6) is 0 Å². The molecular weight excluding hydrogens is 362 g/mol. The SMILES string of the molecule is Cc1cc(=O)[nH]c(=O)n1C(CC1CCCC1)C(=O)Cc1ccc(C(=O)O)cn1. The average Bonchev–Trinajstić information content (AvgIpc) is 3.13. The molecule has 8 nitrogen and oxygen atoms in total. The van der Waals surface area contributed by atoms with Crippen molar-refractivity contribution in [2.45, 2.75) is 51.5 Å². The molecule has 1 fully saturated rings. The number of aromatic nitrogens is 3. The molecule has 1 saturated carbocycles. The van der Waals surface area contributed by atoms with E-state index in [-0.39, 0.29) is 17.8 Å². The summed E-state index contributed by atoms with van der Waals surface area (Å²) in [6.07, 6.45) is 6.01. The van der Waals surface area contributed by atoms with Crippen molar-refractivity contribution in [2.75, 3.05) is 0 Å². The minimum Gasteiger partial charge on any atom is -0.478 e. The number of carboxylic acid groups (broad SMARTS) is 1. The van der Waals surface area contributed by atoms with Crippen LogP contribution in [0.3, 0.4) is 0 Å². The minimum absolute atomic E-state index is 0.0116. The van der Waals surface area contributed by atoms with Crippen molar-refractivity contribution in [3.05, 3.63) is 62.2 Å². The van der Waals surface area contributed by atoms with Gasteiger partial charge in [0.2, 0.25) is 0 Å². The number of ketones is 1. The molecule has 8 heteroatoms. The fraction of sp³-hybridized carbons (Fsp3) is 0.450. The number of aromatic carboxylic acids is 1. The highest BCUT2D eigenvalue weighted by atomic mass is 16.4. The summed E-state index contributed by atoms with van der Waals surface area (Å²) in [5.74, 6) is -0.908. The zero-order valence-electron chi connectivity index (χ0n) is 15.7. The molecule has 0 saturated heterocycles. The van der Waals surface area contributed by atoms with Crippen molar-refractivity contribution < 1.29 is 14.7 Å². The van der Waals surface area contributed by atoms with Gasteiger partial charge in [0.25, 0.3) is 5.56 Å². The van der Waals surface area contributed by atoms with Gasteiger partial charge in [-0.3, -0.25) is 24.1 Å². The average molecular weight is 385 g/mol. The Morgan fingerprint density at radius 1 is 1.29 bits per heavy atom. The molecule has 0 spiro atoms. The van der Waals surface area contributed by atoms with Gasteiger partial charge in [0, 0.05) is 23.7 Å². The Morgan fingerprint density at radius 3 is 2.57 bits per heavy atom. The van der Waals surface area contributed by atoms with Gasteiger partial charge in [-0.15, -0.1) is 0 Å². The van der Waals surface area contributed by atoms with Crippen molar-refractivity contribution in [3.63, 3.8) is 0 Å². The maximum absolute atomic E-state index is 13.1. The molecule has 1 unspecified atom stereocenters. The summed E-state index contributed by atoms with van der Waals surface area (Å²) >= 11 is 0. The molecule has 0 bridgehead atoms. The van der Waals surface area contributed by atoms with E-state index in [1.165, 1.54) is 29.0 Å². The number of nitrogens with one attached hydrogen (secondary N) is 1.